The summed E-state index contributed by atoms with van der Waals surface area (Å²) in [5.41, 5.74) is 2.17. The normalized spacial score (nSPS) is 17.4. The molecular weight excluding hydrogens is 382 g/mol. The number of aromatic nitrogens is 4. The number of carbonyl (C=O) groups is 1. The average Bonchev–Trinajstić information content (AvgIpc) is 2.84. The molecule has 9 nitrogen and oxygen atoms in total. The van der Waals surface area contributed by atoms with Crippen molar-refractivity contribution in [2.24, 2.45) is 0 Å². The fraction of sp³-hybridized carbons (Fsp3) is 0.381. The Morgan fingerprint density at radius 3 is 2.07 bits per heavy atom. The van der Waals surface area contributed by atoms with Gasteiger partial charge in [-0.2, -0.15) is 0 Å². The van der Waals surface area contributed by atoms with Crippen LogP contribution in [-0.2, 0) is 4.74 Å². The van der Waals surface area contributed by atoms with Gasteiger partial charge in [0.2, 0.25) is 0 Å². The van der Waals surface area contributed by atoms with E-state index in [2.05, 4.69) is 30.0 Å². The SMILES string of the molecule is O=C(c1ccc2nccnc2c1)N1CCN(c2ccc(N3CCOCC3)nn2)CC1. The summed E-state index contributed by atoms with van der Waals surface area (Å²) >= 11 is 0. The third kappa shape index (κ3) is 3.76. The van der Waals surface area contributed by atoms with Crippen molar-refractivity contribution in [1.29, 1.82) is 0 Å². The first-order valence-corrected chi connectivity index (χ1v) is 10.2. The van der Waals surface area contributed by atoms with Gasteiger partial charge in [0.1, 0.15) is 0 Å². The molecule has 3 aromatic rings. The minimum atomic E-state index is 0.0240. The highest BCUT2D eigenvalue weighted by Gasteiger charge is 2.24. The summed E-state index contributed by atoms with van der Waals surface area (Å²) in [5.74, 6) is 1.76. The molecule has 2 aliphatic rings. The molecule has 1 amide bonds. The van der Waals surface area contributed by atoms with Crippen LogP contribution in [0.4, 0.5) is 11.6 Å². The second-order valence-electron chi connectivity index (χ2n) is 7.39. The van der Waals surface area contributed by atoms with E-state index in [1.807, 2.05) is 35.2 Å². The number of fused-ring (bicyclic) bond motifs is 1. The van der Waals surface area contributed by atoms with Gasteiger partial charge in [0.25, 0.3) is 5.91 Å². The molecule has 2 saturated heterocycles. The Labute approximate surface area is 174 Å². The van der Waals surface area contributed by atoms with Crippen molar-refractivity contribution >= 4 is 28.6 Å². The summed E-state index contributed by atoms with van der Waals surface area (Å²) in [6, 6.07) is 9.50. The maximum atomic E-state index is 12.9. The smallest absolute Gasteiger partial charge is 0.254 e. The quantitative estimate of drug-likeness (QED) is 0.643. The summed E-state index contributed by atoms with van der Waals surface area (Å²) in [6.07, 6.45) is 3.29. The van der Waals surface area contributed by atoms with Crippen LogP contribution in [0.25, 0.3) is 11.0 Å². The molecule has 0 bridgehead atoms. The van der Waals surface area contributed by atoms with Crippen LogP contribution in [0, 0.1) is 0 Å². The van der Waals surface area contributed by atoms with Crippen LogP contribution in [0.2, 0.25) is 0 Å². The van der Waals surface area contributed by atoms with E-state index in [0.717, 1.165) is 62.1 Å². The van der Waals surface area contributed by atoms with Crippen LogP contribution in [-0.4, -0.2) is 83.5 Å². The lowest BCUT2D eigenvalue weighted by Gasteiger charge is -2.35. The van der Waals surface area contributed by atoms with Crippen LogP contribution < -0.4 is 9.80 Å². The van der Waals surface area contributed by atoms with E-state index in [9.17, 15) is 4.79 Å². The monoisotopic (exact) mass is 405 g/mol. The van der Waals surface area contributed by atoms with Crippen LogP contribution in [0.5, 0.6) is 0 Å². The zero-order chi connectivity index (χ0) is 20.3. The number of morpholine rings is 1. The van der Waals surface area contributed by atoms with E-state index in [-0.39, 0.29) is 5.91 Å². The molecule has 30 heavy (non-hydrogen) atoms. The number of amides is 1. The maximum absolute atomic E-state index is 12.9. The van der Waals surface area contributed by atoms with Gasteiger partial charge in [-0.05, 0) is 30.3 Å². The second kappa shape index (κ2) is 8.19. The standard InChI is InChI=1S/C21H23N7O2/c29-21(16-1-2-17-18(15-16)23-6-5-22-17)28-9-7-26(8-10-28)19-3-4-20(25-24-19)27-11-13-30-14-12-27/h1-6,15H,7-14H2. The minimum Gasteiger partial charge on any atom is -0.378 e. The lowest BCUT2D eigenvalue weighted by atomic mass is 10.1. The first kappa shape index (κ1) is 18.7. The van der Waals surface area contributed by atoms with Gasteiger partial charge >= 0.3 is 0 Å². The van der Waals surface area contributed by atoms with Gasteiger partial charge in [-0.3, -0.25) is 14.8 Å². The molecule has 2 aromatic heterocycles. The van der Waals surface area contributed by atoms with E-state index in [1.165, 1.54) is 0 Å². The molecule has 0 N–H and O–H groups in total. The number of carbonyl (C=O) groups excluding carboxylic acids is 1. The maximum Gasteiger partial charge on any atom is 0.254 e. The predicted molar refractivity (Wildman–Crippen MR) is 113 cm³/mol. The predicted octanol–water partition coefficient (Wildman–Crippen LogP) is 1.22. The van der Waals surface area contributed by atoms with Crippen molar-refractivity contribution in [2.45, 2.75) is 0 Å². The number of piperazine rings is 1. The van der Waals surface area contributed by atoms with Crippen LogP contribution >= 0.6 is 0 Å². The lowest BCUT2D eigenvalue weighted by molar-refractivity contribution is 0.0746. The molecular formula is C21H23N7O2. The summed E-state index contributed by atoms with van der Waals surface area (Å²) in [6.45, 7) is 5.88. The molecule has 0 unspecified atom stereocenters. The van der Waals surface area contributed by atoms with Gasteiger partial charge in [0, 0.05) is 57.2 Å². The summed E-state index contributed by atoms with van der Waals surface area (Å²) in [7, 11) is 0. The first-order valence-electron chi connectivity index (χ1n) is 10.2. The fourth-order valence-electron chi connectivity index (χ4n) is 3.87. The molecule has 2 fully saturated rings. The van der Waals surface area contributed by atoms with Crippen molar-refractivity contribution in [2.75, 3.05) is 62.3 Å². The molecule has 2 aliphatic heterocycles. The van der Waals surface area contributed by atoms with Gasteiger partial charge in [-0.25, -0.2) is 0 Å². The number of hydrogen-bond acceptors (Lipinski definition) is 8. The highest BCUT2D eigenvalue weighted by Crippen LogP contribution is 2.19. The Balaban J connectivity index is 1.21. The van der Waals surface area contributed by atoms with E-state index >= 15 is 0 Å². The van der Waals surface area contributed by atoms with E-state index in [4.69, 9.17) is 4.74 Å². The molecule has 4 heterocycles. The first-order chi connectivity index (χ1) is 14.8. The van der Waals surface area contributed by atoms with Crippen LogP contribution in [0.3, 0.4) is 0 Å². The number of rotatable bonds is 3. The molecule has 0 saturated carbocycles. The van der Waals surface area contributed by atoms with E-state index in [0.29, 0.717) is 18.7 Å². The number of ether oxygens (including phenoxy) is 1. The Kier molecular flexibility index (Phi) is 5.10. The van der Waals surface area contributed by atoms with Gasteiger partial charge in [-0.1, -0.05) is 0 Å². The van der Waals surface area contributed by atoms with Gasteiger partial charge < -0.3 is 19.4 Å². The zero-order valence-corrected chi connectivity index (χ0v) is 16.6. The lowest BCUT2D eigenvalue weighted by Crippen LogP contribution is -2.49. The number of hydrogen-bond donors (Lipinski definition) is 0. The van der Waals surface area contributed by atoms with Gasteiger partial charge in [-0.15, -0.1) is 10.2 Å². The molecule has 0 spiro atoms. The highest BCUT2D eigenvalue weighted by atomic mass is 16.5. The molecule has 0 radical (unpaired) electrons. The van der Waals surface area contributed by atoms with Crippen LogP contribution in [0.15, 0.2) is 42.7 Å². The van der Waals surface area contributed by atoms with Crippen molar-refractivity contribution < 1.29 is 9.53 Å². The topological polar surface area (TPSA) is 87.6 Å². The number of benzene rings is 1. The molecule has 0 atom stereocenters. The summed E-state index contributed by atoms with van der Waals surface area (Å²) in [5, 5.41) is 8.81. The summed E-state index contributed by atoms with van der Waals surface area (Å²) < 4.78 is 5.39. The average molecular weight is 405 g/mol. The molecule has 1 aromatic carbocycles. The molecule has 9 heteroatoms. The van der Waals surface area contributed by atoms with Crippen molar-refractivity contribution in [3.8, 4) is 0 Å². The molecule has 154 valence electrons. The Hall–Kier alpha value is -3.33. The van der Waals surface area contributed by atoms with Gasteiger partial charge in [0.15, 0.2) is 11.6 Å². The van der Waals surface area contributed by atoms with E-state index in [1.54, 1.807) is 12.4 Å². The number of anilines is 2. The Morgan fingerprint density at radius 1 is 0.767 bits per heavy atom. The van der Waals surface area contributed by atoms with Crippen molar-refractivity contribution in [3.05, 3.63) is 48.3 Å². The van der Waals surface area contributed by atoms with E-state index < -0.39 is 0 Å². The van der Waals surface area contributed by atoms with Crippen LogP contribution in [0.1, 0.15) is 10.4 Å². The molecule has 0 aliphatic carbocycles. The van der Waals surface area contributed by atoms with Crippen molar-refractivity contribution in [1.82, 2.24) is 25.1 Å². The summed E-state index contributed by atoms with van der Waals surface area (Å²) in [4.78, 5) is 27.7. The second-order valence-corrected chi connectivity index (χ2v) is 7.39. The third-order valence-electron chi connectivity index (χ3n) is 5.58. The zero-order valence-electron chi connectivity index (χ0n) is 16.6. The number of nitrogens with zero attached hydrogens (tertiary/aromatic N) is 7. The third-order valence-corrected chi connectivity index (χ3v) is 5.58. The van der Waals surface area contributed by atoms with Crippen molar-refractivity contribution in [3.63, 3.8) is 0 Å². The Bertz CT molecular complexity index is 1030. The highest BCUT2D eigenvalue weighted by molar-refractivity contribution is 5.97. The molecule has 5 rings (SSSR count). The fourth-order valence-corrected chi connectivity index (χ4v) is 3.87. The Morgan fingerprint density at radius 2 is 1.40 bits per heavy atom. The van der Waals surface area contributed by atoms with Gasteiger partial charge in [0.05, 0.1) is 24.2 Å². The largest absolute Gasteiger partial charge is 0.378 e. The minimum absolute atomic E-state index is 0.0240.